The Kier molecular flexibility index (Phi) is 8.28. The van der Waals surface area contributed by atoms with Gasteiger partial charge in [-0.3, -0.25) is 0 Å². The van der Waals surface area contributed by atoms with Gasteiger partial charge in [-0.1, -0.05) is 188 Å². The Bertz CT molecular complexity index is 4030. The van der Waals surface area contributed by atoms with Gasteiger partial charge >= 0.3 is 0 Å². The number of rotatable bonds is 6. The van der Waals surface area contributed by atoms with E-state index in [0.717, 1.165) is 28.1 Å². The molecule has 14 aromatic rings. The largest absolute Gasteiger partial charge is 0.309 e. The number of aromatic nitrogens is 2. The van der Waals surface area contributed by atoms with Crippen molar-refractivity contribution in [2.75, 3.05) is 4.90 Å². The highest BCUT2D eigenvalue weighted by Gasteiger charge is 2.26. The second-order valence-corrected chi connectivity index (χ2v) is 17.6. The molecule has 0 aliphatic rings. The Morgan fingerprint density at radius 2 is 0.627 bits per heavy atom. The summed E-state index contributed by atoms with van der Waals surface area (Å²) in [6, 6.07) is 91.4. The van der Waals surface area contributed by atoms with Gasteiger partial charge in [-0.05, 0) is 104 Å². The Morgan fingerprint density at radius 3 is 1.12 bits per heavy atom. The van der Waals surface area contributed by atoms with Gasteiger partial charge in [0.2, 0.25) is 0 Å². The van der Waals surface area contributed by atoms with Crippen LogP contribution in [-0.4, -0.2) is 9.13 Å². The van der Waals surface area contributed by atoms with E-state index in [4.69, 9.17) is 0 Å². The molecule has 0 radical (unpaired) electrons. The average Bonchev–Trinajstić information content (AvgIpc) is 3.92. The Hall–Kier alpha value is -8.92. The monoisotopic (exact) mass is 851 g/mol. The fourth-order valence-electron chi connectivity index (χ4n) is 11.2. The van der Waals surface area contributed by atoms with Gasteiger partial charge in [0.15, 0.2) is 0 Å². The van der Waals surface area contributed by atoms with Crippen LogP contribution in [0.5, 0.6) is 0 Å². The third-order valence-electron chi connectivity index (χ3n) is 14.0. The normalized spacial score (nSPS) is 11.9. The Morgan fingerprint density at radius 1 is 0.254 bits per heavy atom. The van der Waals surface area contributed by atoms with Crippen molar-refractivity contribution in [2.45, 2.75) is 0 Å². The van der Waals surface area contributed by atoms with Crippen molar-refractivity contribution in [3.8, 4) is 22.5 Å². The lowest BCUT2D eigenvalue weighted by Crippen LogP contribution is -2.11. The summed E-state index contributed by atoms with van der Waals surface area (Å²) < 4.78 is 4.99. The lowest BCUT2D eigenvalue weighted by molar-refractivity contribution is 1.20. The molecule has 0 amide bonds. The molecule has 0 aliphatic heterocycles. The summed E-state index contributed by atoms with van der Waals surface area (Å²) in [5, 5.41) is 14.7. The lowest BCUT2D eigenvalue weighted by Gasteiger charge is -2.28. The fourth-order valence-corrected chi connectivity index (χ4v) is 11.2. The molecule has 0 N–H and O–H groups in total. The van der Waals surface area contributed by atoms with Gasteiger partial charge in [-0.2, -0.15) is 0 Å². The molecule has 0 spiro atoms. The third kappa shape index (κ3) is 5.65. The van der Waals surface area contributed by atoms with Crippen LogP contribution in [0, 0.1) is 0 Å². The predicted octanol–water partition coefficient (Wildman–Crippen LogP) is 17.6. The first-order chi connectivity index (χ1) is 33.3. The predicted molar refractivity (Wildman–Crippen MR) is 285 cm³/mol. The van der Waals surface area contributed by atoms with E-state index >= 15 is 0 Å². The highest BCUT2D eigenvalue weighted by atomic mass is 15.2. The molecular formula is C64H41N3. The summed E-state index contributed by atoms with van der Waals surface area (Å²) in [5.41, 5.74) is 12.7. The Labute approximate surface area is 387 Å². The molecule has 312 valence electrons. The maximum Gasteiger partial charge on any atom is 0.0562 e. The maximum absolute atomic E-state index is 2.52. The van der Waals surface area contributed by atoms with Crippen molar-refractivity contribution in [1.29, 1.82) is 0 Å². The molecule has 2 heterocycles. The molecule has 14 rings (SSSR count). The minimum atomic E-state index is 1.08. The zero-order chi connectivity index (χ0) is 44.0. The SMILES string of the molecule is c1ccc(-c2ccc(N(c3cccc4c3c3ccccc3n4-c3cc4ccccc4c4ccccc34)c3cccc4c3c3ccccc3n4-c3cc4ccccc4c4ccccc34)cc2)cc1. The molecular weight excluding hydrogens is 811 g/mol. The fraction of sp³-hybridized carbons (Fsp3) is 0. The number of fused-ring (bicyclic) bond motifs is 12. The van der Waals surface area contributed by atoms with Gasteiger partial charge < -0.3 is 14.0 Å². The van der Waals surface area contributed by atoms with Crippen LogP contribution in [0.2, 0.25) is 0 Å². The standard InChI is InChI=1S/C64H41N3/c1-2-18-42(19-3-1)43-36-38-46(39-37-43)65(57-32-16-34-59-63(57)53-28-12-14-30-55(53)66(59)61-40-44-20-4-6-22-47(44)49-24-8-10-26-51(49)61)58-33-17-35-60-64(58)54-29-13-15-31-56(54)67(60)62-41-45-21-5-7-23-48(45)50-25-9-11-27-52(50)62/h1-41H. The van der Waals surface area contributed by atoms with Crippen molar-refractivity contribution >= 4 is 104 Å². The summed E-state index contributed by atoms with van der Waals surface area (Å²) in [6.45, 7) is 0. The van der Waals surface area contributed by atoms with Crippen molar-refractivity contribution in [2.24, 2.45) is 0 Å². The molecule has 0 fully saturated rings. The van der Waals surface area contributed by atoms with Crippen LogP contribution >= 0.6 is 0 Å². The number of para-hydroxylation sites is 2. The van der Waals surface area contributed by atoms with Gasteiger partial charge in [0, 0.05) is 38.0 Å². The average molecular weight is 852 g/mol. The van der Waals surface area contributed by atoms with E-state index in [2.05, 4.69) is 263 Å². The van der Waals surface area contributed by atoms with Crippen molar-refractivity contribution in [3.63, 3.8) is 0 Å². The van der Waals surface area contributed by atoms with E-state index in [9.17, 15) is 0 Å². The summed E-state index contributed by atoms with van der Waals surface area (Å²) in [4.78, 5) is 2.52. The van der Waals surface area contributed by atoms with Gasteiger partial charge in [0.05, 0.1) is 44.8 Å². The second kappa shape index (κ2) is 14.8. The zero-order valence-corrected chi connectivity index (χ0v) is 36.5. The smallest absolute Gasteiger partial charge is 0.0562 e. The number of hydrogen-bond donors (Lipinski definition) is 0. The van der Waals surface area contributed by atoms with Crippen LogP contribution in [0.4, 0.5) is 17.1 Å². The molecule has 2 aromatic heterocycles. The van der Waals surface area contributed by atoms with Crippen molar-refractivity contribution < 1.29 is 0 Å². The molecule has 67 heavy (non-hydrogen) atoms. The van der Waals surface area contributed by atoms with Crippen LogP contribution in [0.15, 0.2) is 249 Å². The van der Waals surface area contributed by atoms with Crippen LogP contribution < -0.4 is 4.90 Å². The number of benzene rings is 12. The third-order valence-corrected chi connectivity index (χ3v) is 14.0. The molecule has 0 bridgehead atoms. The number of nitrogens with zero attached hydrogens (tertiary/aromatic N) is 3. The number of hydrogen-bond acceptors (Lipinski definition) is 1. The van der Waals surface area contributed by atoms with Gasteiger partial charge in [0.25, 0.3) is 0 Å². The first kappa shape index (κ1) is 37.5. The zero-order valence-electron chi connectivity index (χ0n) is 36.5. The number of anilines is 3. The molecule has 0 aliphatic carbocycles. The molecule has 0 saturated carbocycles. The van der Waals surface area contributed by atoms with Gasteiger partial charge in [0.1, 0.15) is 0 Å². The van der Waals surface area contributed by atoms with E-state index in [-0.39, 0.29) is 0 Å². The van der Waals surface area contributed by atoms with E-state index in [1.165, 1.54) is 98.2 Å². The van der Waals surface area contributed by atoms with E-state index in [1.807, 2.05) is 0 Å². The van der Waals surface area contributed by atoms with Crippen LogP contribution in [0.3, 0.4) is 0 Å². The molecule has 0 unspecified atom stereocenters. The van der Waals surface area contributed by atoms with Crippen LogP contribution in [0.25, 0.3) is 109 Å². The van der Waals surface area contributed by atoms with Crippen LogP contribution in [0.1, 0.15) is 0 Å². The first-order valence-corrected chi connectivity index (χ1v) is 23.1. The molecule has 0 atom stereocenters. The summed E-state index contributed by atoms with van der Waals surface area (Å²) >= 11 is 0. The first-order valence-electron chi connectivity index (χ1n) is 23.1. The highest BCUT2D eigenvalue weighted by Crippen LogP contribution is 2.49. The van der Waals surface area contributed by atoms with E-state index < -0.39 is 0 Å². The molecule has 3 heteroatoms. The molecule has 0 saturated heterocycles. The summed E-state index contributed by atoms with van der Waals surface area (Å²) in [5.74, 6) is 0. The van der Waals surface area contributed by atoms with Gasteiger partial charge in [-0.15, -0.1) is 0 Å². The van der Waals surface area contributed by atoms with Crippen molar-refractivity contribution in [3.05, 3.63) is 249 Å². The van der Waals surface area contributed by atoms with Crippen LogP contribution in [-0.2, 0) is 0 Å². The highest BCUT2D eigenvalue weighted by molar-refractivity contribution is 6.23. The van der Waals surface area contributed by atoms with Crippen molar-refractivity contribution in [1.82, 2.24) is 9.13 Å². The quantitative estimate of drug-likeness (QED) is 0.152. The van der Waals surface area contributed by atoms with E-state index in [0.29, 0.717) is 0 Å². The van der Waals surface area contributed by atoms with E-state index in [1.54, 1.807) is 0 Å². The minimum Gasteiger partial charge on any atom is -0.309 e. The lowest BCUT2D eigenvalue weighted by atomic mass is 10.00. The topological polar surface area (TPSA) is 13.1 Å². The Balaban J connectivity index is 1.09. The second-order valence-electron chi connectivity index (χ2n) is 17.6. The van der Waals surface area contributed by atoms with Gasteiger partial charge in [-0.25, -0.2) is 0 Å². The summed E-state index contributed by atoms with van der Waals surface area (Å²) in [7, 11) is 0. The minimum absolute atomic E-state index is 1.08. The maximum atomic E-state index is 2.52. The summed E-state index contributed by atoms with van der Waals surface area (Å²) in [6.07, 6.45) is 0. The molecule has 3 nitrogen and oxygen atoms in total. The molecule has 12 aromatic carbocycles.